The third kappa shape index (κ3) is 2.73. The molecule has 2 fully saturated rings. The molecule has 2 rings (SSSR count). The zero-order valence-electron chi connectivity index (χ0n) is 10.5. The lowest BCUT2D eigenvalue weighted by atomic mass is 9.82. The number of likely N-dealkylation sites (N-methyl/N-ethyl adjacent to an activating group) is 2. The molecule has 0 radical (unpaired) electrons. The third-order valence-electron chi connectivity index (χ3n) is 4.19. The van der Waals surface area contributed by atoms with Gasteiger partial charge in [-0.2, -0.15) is 0 Å². The number of hydrogen-bond acceptors (Lipinski definition) is 2. The number of hydrogen-bond donors (Lipinski definition) is 1. The highest BCUT2D eigenvalue weighted by Gasteiger charge is 2.37. The van der Waals surface area contributed by atoms with Gasteiger partial charge in [0.1, 0.15) is 0 Å². The van der Waals surface area contributed by atoms with Gasteiger partial charge in [0.2, 0.25) is 0 Å². The topological polar surface area (TPSA) is 15.3 Å². The Morgan fingerprint density at radius 1 is 1.20 bits per heavy atom. The Balaban J connectivity index is 1.95. The number of nitrogens with zero attached hydrogens (tertiary/aromatic N) is 1. The van der Waals surface area contributed by atoms with Crippen LogP contribution in [0.15, 0.2) is 0 Å². The minimum absolute atomic E-state index is 0.747. The van der Waals surface area contributed by atoms with E-state index in [0.717, 1.165) is 30.6 Å². The molecule has 3 atom stereocenters. The van der Waals surface area contributed by atoms with Crippen LogP contribution in [-0.4, -0.2) is 36.6 Å². The van der Waals surface area contributed by atoms with Crippen molar-refractivity contribution in [2.24, 2.45) is 5.92 Å². The summed E-state index contributed by atoms with van der Waals surface area (Å²) in [6.45, 7) is 5.76. The Hall–Kier alpha value is -0.0800. The maximum atomic E-state index is 3.68. The van der Waals surface area contributed by atoms with Crippen LogP contribution in [0.2, 0.25) is 0 Å². The van der Waals surface area contributed by atoms with Gasteiger partial charge in [-0.1, -0.05) is 13.8 Å². The summed E-state index contributed by atoms with van der Waals surface area (Å²) in [5.41, 5.74) is 0. The van der Waals surface area contributed by atoms with E-state index in [1.807, 2.05) is 0 Å². The van der Waals surface area contributed by atoms with E-state index in [1.165, 1.54) is 32.1 Å². The van der Waals surface area contributed by atoms with Crippen molar-refractivity contribution in [1.82, 2.24) is 10.2 Å². The molecule has 2 heteroatoms. The Morgan fingerprint density at radius 3 is 2.53 bits per heavy atom. The lowest BCUT2D eigenvalue weighted by molar-refractivity contribution is 0.119. The third-order valence-corrected chi connectivity index (χ3v) is 4.19. The van der Waals surface area contributed by atoms with Crippen molar-refractivity contribution in [3.63, 3.8) is 0 Å². The van der Waals surface area contributed by atoms with Crippen LogP contribution in [0.5, 0.6) is 0 Å². The van der Waals surface area contributed by atoms with Crippen LogP contribution >= 0.6 is 0 Å². The van der Waals surface area contributed by atoms with Gasteiger partial charge in [0, 0.05) is 18.1 Å². The van der Waals surface area contributed by atoms with Gasteiger partial charge in [-0.05, 0) is 51.6 Å². The largest absolute Gasteiger partial charge is 0.313 e. The molecule has 2 aliphatic carbocycles. The molecular formula is C13H26N2. The second-order valence-corrected chi connectivity index (χ2v) is 5.55. The molecule has 2 saturated carbocycles. The second kappa shape index (κ2) is 4.84. The van der Waals surface area contributed by atoms with Gasteiger partial charge in [-0.25, -0.2) is 0 Å². The molecule has 0 aliphatic heterocycles. The summed E-state index contributed by atoms with van der Waals surface area (Å²) >= 11 is 0. The minimum Gasteiger partial charge on any atom is -0.313 e. The molecule has 0 bridgehead atoms. The molecule has 0 aromatic carbocycles. The average molecular weight is 210 g/mol. The molecule has 2 nitrogen and oxygen atoms in total. The molecule has 3 unspecified atom stereocenters. The average Bonchev–Trinajstić information content (AvgIpc) is 3.03. The first-order valence-corrected chi connectivity index (χ1v) is 6.67. The van der Waals surface area contributed by atoms with Crippen LogP contribution in [0.25, 0.3) is 0 Å². The quantitative estimate of drug-likeness (QED) is 0.765. The molecule has 0 amide bonds. The first-order valence-electron chi connectivity index (χ1n) is 6.67. The van der Waals surface area contributed by atoms with E-state index in [2.05, 4.69) is 31.1 Å². The molecular weight excluding hydrogens is 184 g/mol. The maximum Gasteiger partial charge on any atom is 0.0251 e. The predicted octanol–water partition coefficient (Wildman–Crippen LogP) is 2.25. The van der Waals surface area contributed by atoms with Crippen molar-refractivity contribution in [3.8, 4) is 0 Å². The normalized spacial score (nSPS) is 37.2. The fraction of sp³-hybridized carbons (Fsp3) is 1.00. The highest BCUT2D eigenvalue weighted by Crippen LogP contribution is 2.34. The predicted molar refractivity (Wildman–Crippen MR) is 65.1 cm³/mol. The van der Waals surface area contributed by atoms with Gasteiger partial charge >= 0.3 is 0 Å². The van der Waals surface area contributed by atoms with E-state index < -0.39 is 0 Å². The van der Waals surface area contributed by atoms with E-state index in [0.29, 0.717) is 0 Å². The van der Waals surface area contributed by atoms with Crippen LogP contribution in [0.4, 0.5) is 0 Å². The Morgan fingerprint density at radius 2 is 1.93 bits per heavy atom. The van der Waals surface area contributed by atoms with Gasteiger partial charge in [-0.3, -0.25) is 4.90 Å². The van der Waals surface area contributed by atoms with Crippen LogP contribution in [0, 0.1) is 5.92 Å². The fourth-order valence-corrected chi connectivity index (χ4v) is 3.05. The summed E-state index contributed by atoms with van der Waals surface area (Å²) in [6, 6.07) is 2.44. The van der Waals surface area contributed by atoms with Crippen molar-refractivity contribution >= 4 is 0 Å². The maximum absolute atomic E-state index is 3.68. The summed E-state index contributed by atoms with van der Waals surface area (Å²) in [7, 11) is 2.34. The van der Waals surface area contributed by atoms with E-state index in [1.54, 1.807) is 0 Å². The van der Waals surface area contributed by atoms with Crippen molar-refractivity contribution < 1.29 is 0 Å². The number of rotatable bonds is 4. The molecule has 0 spiro atoms. The Bertz CT molecular complexity index is 201. The van der Waals surface area contributed by atoms with Gasteiger partial charge in [0.25, 0.3) is 0 Å². The van der Waals surface area contributed by atoms with Crippen molar-refractivity contribution in [3.05, 3.63) is 0 Å². The highest BCUT2D eigenvalue weighted by molar-refractivity contribution is 4.94. The summed E-state index contributed by atoms with van der Waals surface area (Å²) in [5, 5.41) is 3.68. The van der Waals surface area contributed by atoms with Gasteiger partial charge in [0.05, 0.1) is 0 Å². The Labute approximate surface area is 94.4 Å². The van der Waals surface area contributed by atoms with Crippen LogP contribution < -0.4 is 5.32 Å². The van der Waals surface area contributed by atoms with Crippen molar-refractivity contribution in [1.29, 1.82) is 0 Å². The van der Waals surface area contributed by atoms with Crippen molar-refractivity contribution in [2.45, 2.75) is 64.1 Å². The van der Waals surface area contributed by atoms with E-state index in [-0.39, 0.29) is 0 Å². The molecule has 88 valence electrons. The van der Waals surface area contributed by atoms with E-state index >= 15 is 0 Å². The van der Waals surface area contributed by atoms with E-state index in [9.17, 15) is 0 Å². The minimum atomic E-state index is 0.747. The van der Waals surface area contributed by atoms with Crippen LogP contribution in [0.3, 0.4) is 0 Å². The standard InChI is InChI=1S/C13H26N2/c1-4-14-12-8-5-10(2)9-13(12)15(3)11-6-7-11/h10-14H,4-9H2,1-3H3. The summed E-state index contributed by atoms with van der Waals surface area (Å²) in [4.78, 5) is 2.66. The summed E-state index contributed by atoms with van der Waals surface area (Å²) < 4.78 is 0. The smallest absolute Gasteiger partial charge is 0.0251 e. The fourth-order valence-electron chi connectivity index (χ4n) is 3.05. The molecule has 0 saturated heterocycles. The monoisotopic (exact) mass is 210 g/mol. The lowest BCUT2D eigenvalue weighted by Crippen LogP contribution is -2.52. The van der Waals surface area contributed by atoms with Gasteiger partial charge < -0.3 is 5.32 Å². The van der Waals surface area contributed by atoms with E-state index in [4.69, 9.17) is 0 Å². The summed E-state index contributed by atoms with van der Waals surface area (Å²) in [5.74, 6) is 0.922. The molecule has 0 heterocycles. The van der Waals surface area contributed by atoms with Crippen LogP contribution in [0.1, 0.15) is 46.0 Å². The molecule has 15 heavy (non-hydrogen) atoms. The molecule has 1 N–H and O–H groups in total. The number of nitrogens with one attached hydrogen (secondary N) is 1. The first kappa shape index (κ1) is 11.4. The zero-order chi connectivity index (χ0) is 10.8. The SMILES string of the molecule is CCNC1CCC(C)CC1N(C)C1CC1. The first-order chi connectivity index (χ1) is 7.22. The van der Waals surface area contributed by atoms with Crippen molar-refractivity contribution in [2.75, 3.05) is 13.6 Å². The van der Waals surface area contributed by atoms with Gasteiger partial charge in [-0.15, -0.1) is 0 Å². The lowest BCUT2D eigenvalue weighted by Gasteiger charge is -2.41. The second-order valence-electron chi connectivity index (χ2n) is 5.55. The molecule has 0 aromatic heterocycles. The Kier molecular flexibility index (Phi) is 3.68. The molecule has 0 aromatic rings. The zero-order valence-corrected chi connectivity index (χ0v) is 10.5. The summed E-state index contributed by atoms with van der Waals surface area (Å²) in [6.07, 6.45) is 7.04. The van der Waals surface area contributed by atoms with Crippen LogP contribution in [-0.2, 0) is 0 Å². The molecule has 2 aliphatic rings. The van der Waals surface area contributed by atoms with Gasteiger partial charge in [0.15, 0.2) is 0 Å². The highest BCUT2D eigenvalue weighted by atomic mass is 15.2.